The van der Waals surface area contributed by atoms with E-state index in [9.17, 15) is 9.59 Å². The number of carbonyl (C=O) groups is 2. The lowest BCUT2D eigenvalue weighted by Crippen LogP contribution is -2.43. The van der Waals surface area contributed by atoms with Gasteiger partial charge in [-0.15, -0.1) is 0 Å². The fraction of sp³-hybridized carbons (Fsp3) is 0.357. The van der Waals surface area contributed by atoms with Crippen LogP contribution in [0.25, 0.3) is 0 Å². The van der Waals surface area contributed by atoms with Crippen molar-refractivity contribution in [2.45, 2.75) is 19.3 Å². The number of halogens is 2. The number of nitrogens with one attached hydrogen (secondary N) is 1. The van der Waals surface area contributed by atoms with Gasteiger partial charge in [0.15, 0.2) is 0 Å². The number of hydrazone groups is 1. The van der Waals surface area contributed by atoms with Gasteiger partial charge in [-0.25, -0.2) is 5.43 Å². The second-order valence-corrected chi connectivity index (χ2v) is 5.54. The van der Waals surface area contributed by atoms with Crippen molar-refractivity contribution in [2.24, 2.45) is 5.10 Å². The van der Waals surface area contributed by atoms with Crippen molar-refractivity contribution in [3.63, 3.8) is 0 Å². The number of piperidine rings is 1. The molecule has 0 spiro atoms. The van der Waals surface area contributed by atoms with E-state index in [0.29, 0.717) is 28.7 Å². The molecule has 0 bridgehead atoms. The van der Waals surface area contributed by atoms with E-state index in [4.69, 9.17) is 23.2 Å². The molecule has 1 aromatic rings. The molecule has 0 radical (unpaired) electrons. The van der Waals surface area contributed by atoms with Crippen molar-refractivity contribution in [1.82, 2.24) is 10.3 Å². The first-order valence-corrected chi connectivity index (χ1v) is 7.41. The van der Waals surface area contributed by atoms with E-state index < -0.39 is 11.8 Å². The molecule has 0 unspecified atom stereocenters. The van der Waals surface area contributed by atoms with Crippen LogP contribution >= 0.6 is 23.2 Å². The van der Waals surface area contributed by atoms with Gasteiger partial charge in [0.1, 0.15) is 0 Å². The van der Waals surface area contributed by atoms with Gasteiger partial charge in [0.05, 0.1) is 16.3 Å². The molecule has 0 saturated carbocycles. The van der Waals surface area contributed by atoms with Crippen molar-refractivity contribution in [3.05, 3.63) is 33.8 Å². The van der Waals surface area contributed by atoms with E-state index in [0.717, 1.165) is 19.3 Å². The zero-order valence-corrected chi connectivity index (χ0v) is 12.8. The minimum atomic E-state index is -0.729. The third-order valence-electron chi connectivity index (χ3n) is 3.16. The normalized spacial score (nSPS) is 15.2. The maximum atomic E-state index is 11.8. The van der Waals surface area contributed by atoms with Crippen LogP contribution in [0.3, 0.4) is 0 Å². The summed E-state index contributed by atoms with van der Waals surface area (Å²) >= 11 is 11.7. The van der Waals surface area contributed by atoms with Crippen LogP contribution in [-0.4, -0.2) is 36.0 Å². The van der Waals surface area contributed by atoms with Crippen molar-refractivity contribution < 1.29 is 9.59 Å². The summed E-state index contributed by atoms with van der Waals surface area (Å²) in [6, 6.07) is 4.95. The summed E-state index contributed by atoms with van der Waals surface area (Å²) in [6.07, 6.45) is 4.38. The highest BCUT2D eigenvalue weighted by molar-refractivity contribution is 6.42. The lowest BCUT2D eigenvalue weighted by Gasteiger charge is -2.25. The number of carbonyl (C=O) groups excluding carboxylic acids is 2. The van der Waals surface area contributed by atoms with Crippen LogP contribution in [0.15, 0.2) is 23.3 Å². The largest absolute Gasteiger partial charge is 0.334 e. The predicted molar refractivity (Wildman–Crippen MR) is 82.6 cm³/mol. The predicted octanol–water partition coefficient (Wildman–Crippen LogP) is 2.46. The van der Waals surface area contributed by atoms with E-state index in [2.05, 4.69) is 10.5 Å². The van der Waals surface area contributed by atoms with Crippen LogP contribution < -0.4 is 5.43 Å². The topological polar surface area (TPSA) is 61.8 Å². The van der Waals surface area contributed by atoms with Crippen molar-refractivity contribution in [3.8, 4) is 0 Å². The maximum absolute atomic E-state index is 11.8. The average Bonchev–Trinajstić information content (AvgIpc) is 2.51. The van der Waals surface area contributed by atoms with E-state index >= 15 is 0 Å². The van der Waals surface area contributed by atoms with Crippen LogP contribution in [0.2, 0.25) is 10.0 Å². The third-order valence-corrected chi connectivity index (χ3v) is 3.90. The summed E-state index contributed by atoms with van der Waals surface area (Å²) in [5.41, 5.74) is 2.90. The van der Waals surface area contributed by atoms with Crippen LogP contribution in [0.4, 0.5) is 0 Å². The zero-order chi connectivity index (χ0) is 15.2. The first-order chi connectivity index (χ1) is 10.1. The fourth-order valence-corrected chi connectivity index (χ4v) is 2.35. The summed E-state index contributed by atoms with van der Waals surface area (Å²) in [5.74, 6) is -1.27. The van der Waals surface area contributed by atoms with Crippen LogP contribution in [0.5, 0.6) is 0 Å². The van der Waals surface area contributed by atoms with Crippen LogP contribution in [0.1, 0.15) is 24.8 Å². The SMILES string of the molecule is O=C(N/N=C\c1ccc(Cl)c(Cl)c1)C(=O)N1CCCCC1. The molecule has 112 valence electrons. The maximum Gasteiger partial charge on any atom is 0.329 e. The third kappa shape index (κ3) is 4.44. The Morgan fingerprint density at radius 1 is 1.14 bits per heavy atom. The van der Waals surface area contributed by atoms with E-state index in [1.807, 2.05) is 0 Å². The van der Waals surface area contributed by atoms with Gasteiger partial charge in [-0.2, -0.15) is 5.10 Å². The van der Waals surface area contributed by atoms with Gasteiger partial charge in [0, 0.05) is 13.1 Å². The monoisotopic (exact) mass is 327 g/mol. The Bertz CT molecular complexity index is 569. The quantitative estimate of drug-likeness (QED) is 0.515. The molecule has 0 aromatic heterocycles. The summed E-state index contributed by atoms with van der Waals surface area (Å²) < 4.78 is 0. The Kier molecular flexibility index (Phi) is 5.59. The Morgan fingerprint density at radius 3 is 2.52 bits per heavy atom. The average molecular weight is 328 g/mol. The molecular weight excluding hydrogens is 313 g/mol. The standard InChI is InChI=1S/C14H15Cl2N3O2/c15-11-5-4-10(8-12(11)16)9-17-18-13(20)14(21)19-6-2-1-3-7-19/h4-5,8-9H,1-3,6-7H2,(H,18,20)/b17-9-. The highest BCUT2D eigenvalue weighted by Gasteiger charge is 2.22. The fourth-order valence-electron chi connectivity index (χ4n) is 2.05. The van der Waals surface area contributed by atoms with E-state index in [1.54, 1.807) is 23.1 Å². The van der Waals surface area contributed by atoms with E-state index in [-0.39, 0.29) is 0 Å². The Labute approximate surface area is 132 Å². The van der Waals surface area contributed by atoms with Crippen LogP contribution in [-0.2, 0) is 9.59 Å². The van der Waals surface area contributed by atoms with Gasteiger partial charge in [-0.3, -0.25) is 9.59 Å². The first kappa shape index (κ1) is 15.8. The molecule has 5 nitrogen and oxygen atoms in total. The number of amides is 2. The molecule has 2 rings (SSSR count). The van der Waals surface area contributed by atoms with Gasteiger partial charge in [0.25, 0.3) is 0 Å². The molecule has 1 heterocycles. The molecule has 2 amide bonds. The van der Waals surface area contributed by atoms with Crippen molar-refractivity contribution in [2.75, 3.05) is 13.1 Å². The molecule has 1 saturated heterocycles. The number of benzene rings is 1. The number of rotatable bonds is 2. The van der Waals surface area contributed by atoms with Gasteiger partial charge >= 0.3 is 11.8 Å². The van der Waals surface area contributed by atoms with Gasteiger partial charge < -0.3 is 4.90 Å². The minimum absolute atomic E-state index is 0.399. The zero-order valence-electron chi connectivity index (χ0n) is 11.3. The summed E-state index contributed by atoms with van der Waals surface area (Å²) in [5, 5.41) is 4.60. The van der Waals surface area contributed by atoms with Gasteiger partial charge in [-0.1, -0.05) is 29.3 Å². The van der Waals surface area contributed by atoms with Gasteiger partial charge in [0.2, 0.25) is 0 Å². The molecule has 7 heteroatoms. The lowest BCUT2D eigenvalue weighted by atomic mass is 10.1. The molecule has 0 aliphatic carbocycles. The Balaban J connectivity index is 1.89. The molecular formula is C14H15Cl2N3O2. The first-order valence-electron chi connectivity index (χ1n) is 6.65. The number of likely N-dealkylation sites (tertiary alicyclic amines) is 1. The Hall–Kier alpha value is -1.59. The molecule has 1 aromatic carbocycles. The highest BCUT2D eigenvalue weighted by Crippen LogP contribution is 2.21. The van der Waals surface area contributed by atoms with Crippen molar-refractivity contribution >= 4 is 41.2 Å². The Morgan fingerprint density at radius 2 is 1.86 bits per heavy atom. The van der Waals surface area contributed by atoms with E-state index in [1.165, 1.54) is 6.21 Å². The second kappa shape index (κ2) is 7.43. The number of hydrogen-bond acceptors (Lipinski definition) is 3. The molecule has 1 N–H and O–H groups in total. The minimum Gasteiger partial charge on any atom is -0.334 e. The smallest absolute Gasteiger partial charge is 0.329 e. The number of hydrogen-bond donors (Lipinski definition) is 1. The number of nitrogens with zero attached hydrogens (tertiary/aromatic N) is 2. The van der Waals surface area contributed by atoms with Crippen molar-refractivity contribution in [1.29, 1.82) is 0 Å². The molecule has 1 aliphatic rings. The summed E-state index contributed by atoms with van der Waals surface area (Å²) in [7, 11) is 0. The van der Waals surface area contributed by atoms with Crippen LogP contribution in [0, 0.1) is 0 Å². The summed E-state index contributed by atoms with van der Waals surface area (Å²) in [4.78, 5) is 25.1. The summed E-state index contributed by atoms with van der Waals surface area (Å²) in [6.45, 7) is 1.26. The molecule has 0 atom stereocenters. The molecule has 1 aliphatic heterocycles. The lowest BCUT2D eigenvalue weighted by molar-refractivity contribution is -0.146. The molecule has 21 heavy (non-hydrogen) atoms. The highest BCUT2D eigenvalue weighted by atomic mass is 35.5. The molecule has 1 fully saturated rings. The second-order valence-electron chi connectivity index (χ2n) is 4.73. The van der Waals surface area contributed by atoms with Gasteiger partial charge in [-0.05, 0) is 37.0 Å².